The Morgan fingerprint density at radius 1 is 0.242 bits per heavy atom. The molecular weight excluding hydrogens is 961 g/mol. The Balaban J connectivity index is 3.97. The first-order valence-corrected chi connectivity index (χ1v) is 32.5. The number of hydrogen-bond donors (Lipinski definition) is 0. The van der Waals surface area contributed by atoms with Gasteiger partial charge >= 0.3 is 35.8 Å². The predicted octanol–water partition coefficient (Wildman–Crippen LogP) is 11.0. The molecule has 0 saturated heterocycles. The minimum Gasteiger partial charge on any atom is -0.454 e. The maximum Gasteiger partial charge on any atom is 0.306 e. The number of esters is 6. The SMILES string of the molecule is CSCCCCCC(=O)OC1C(OC(=O)CCCCCSC)C(OC(=O)CCCCCSC)C(OC(=O)CCCCCSC)C(OC(=O)CCCCCSC)C1OC(=O)CCCCCSC. The normalized spacial score (nSPS) is 19.2. The van der Waals surface area contributed by atoms with Gasteiger partial charge in [-0.25, -0.2) is 0 Å². The van der Waals surface area contributed by atoms with Gasteiger partial charge in [-0.3, -0.25) is 28.8 Å². The van der Waals surface area contributed by atoms with Crippen LogP contribution in [-0.2, 0) is 57.2 Å². The second kappa shape index (κ2) is 42.8. The third-order valence-corrected chi connectivity index (χ3v) is 15.1. The largest absolute Gasteiger partial charge is 0.454 e. The number of carbonyl (C=O) groups excluding carboxylic acids is 6. The van der Waals surface area contributed by atoms with E-state index in [2.05, 4.69) is 0 Å². The number of carbonyl (C=O) groups is 6. The third-order valence-electron chi connectivity index (χ3n) is 10.9. The van der Waals surface area contributed by atoms with Crippen molar-refractivity contribution in [3.63, 3.8) is 0 Å². The summed E-state index contributed by atoms with van der Waals surface area (Å²) in [5.41, 5.74) is 0. The van der Waals surface area contributed by atoms with Crippen molar-refractivity contribution in [1.82, 2.24) is 0 Å². The highest BCUT2D eigenvalue weighted by Gasteiger charge is 2.61. The van der Waals surface area contributed by atoms with Gasteiger partial charge in [0.15, 0.2) is 36.6 Å². The van der Waals surface area contributed by atoms with E-state index in [1.54, 1.807) is 70.6 Å². The zero-order valence-corrected chi connectivity index (χ0v) is 45.9. The van der Waals surface area contributed by atoms with Crippen molar-refractivity contribution in [1.29, 1.82) is 0 Å². The summed E-state index contributed by atoms with van der Waals surface area (Å²) in [7, 11) is 0. The summed E-state index contributed by atoms with van der Waals surface area (Å²) in [5, 5.41) is 0. The van der Waals surface area contributed by atoms with Crippen LogP contribution in [0.1, 0.15) is 154 Å². The van der Waals surface area contributed by atoms with Crippen LogP contribution in [0.2, 0.25) is 0 Å². The van der Waals surface area contributed by atoms with E-state index in [1.807, 2.05) is 37.5 Å². The van der Waals surface area contributed by atoms with E-state index in [0.717, 1.165) is 112 Å². The number of unbranched alkanes of at least 4 members (excludes halogenated alkanes) is 12. The predicted molar refractivity (Wildman–Crippen MR) is 280 cm³/mol. The van der Waals surface area contributed by atoms with E-state index in [9.17, 15) is 28.8 Å². The van der Waals surface area contributed by atoms with Crippen LogP contribution in [-0.4, -0.2) is 144 Å². The minimum atomic E-state index is -1.56. The van der Waals surface area contributed by atoms with Gasteiger partial charge in [-0.2, -0.15) is 70.6 Å². The Hall–Kier alpha value is -1.08. The van der Waals surface area contributed by atoms with Crippen LogP contribution in [0.5, 0.6) is 0 Å². The van der Waals surface area contributed by atoms with Gasteiger partial charge in [0.05, 0.1) is 0 Å². The maximum absolute atomic E-state index is 13.9. The van der Waals surface area contributed by atoms with Crippen molar-refractivity contribution in [3.8, 4) is 0 Å². The second-order valence-electron chi connectivity index (χ2n) is 16.5. The fourth-order valence-corrected chi connectivity index (χ4v) is 10.3. The van der Waals surface area contributed by atoms with Crippen LogP contribution >= 0.6 is 70.6 Å². The lowest BCUT2D eigenvalue weighted by Gasteiger charge is -2.47. The van der Waals surface area contributed by atoms with E-state index in [-0.39, 0.29) is 38.5 Å². The molecule has 0 atom stereocenters. The summed E-state index contributed by atoms with van der Waals surface area (Å²) in [5.74, 6) is 1.80. The molecule has 1 rings (SSSR count). The first-order valence-electron chi connectivity index (χ1n) is 24.2. The molecule has 0 heterocycles. The molecule has 1 saturated carbocycles. The fourth-order valence-electron chi connectivity index (χ4n) is 7.35. The summed E-state index contributed by atoms with van der Waals surface area (Å²) in [6.45, 7) is 0. The van der Waals surface area contributed by atoms with E-state index in [4.69, 9.17) is 28.4 Å². The van der Waals surface area contributed by atoms with Crippen LogP contribution in [0.4, 0.5) is 0 Å². The number of ether oxygens (including phenoxy) is 6. The zero-order chi connectivity index (χ0) is 48.6. The number of hydrogen-bond acceptors (Lipinski definition) is 18. The van der Waals surface area contributed by atoms with Crippen LogP contribution in [0.3, 0.4) is 0 Å². The van der Waals surface area contributed by atoms with Crippen molar-refractivity contribution < 1.29 is 57.2 Å². The first kappa shape index (κ1) is 62.9. The summed E-state index contributed by atoms with van der Waals surface area (Å²) in [6.07, 6.45) is 16.1. The van der Waals surface area contributed by atoms with Gasteiger partial charge < -0.3 is 28.4 Å². The molecule has 18 heteroatoms. The Morgan fingerprint density at radius 2 is 0.379 bits per heavy atom. The third kappa shape index (κ3) is 30.5. The Labute approximate surface area is 423 Å². The Kier molecular flexibility index (Phi) is 40.8. The van der Waals surface area contributed by atoms with Gasteiger partial charge in [-0.05, 0) is 149 Å². The Morgan fingerprint density at radius 3 is 0.500 bits per heavy atom. The van der Waals surface area contributed by atoms with E-state index >= 15 is 0 Å². The van der Waals surface area contributed by atoms with Gasteiger partial charge in [0.2, 0.25) is 0 Å². The topological polar surface area (TPSA) is 158 Å². The van der Waals surface area contributed by atoms with Crippen molar-refractivity contribution in [3.05, 3.63) is 0 Å². The lowest BCUT2D eigenvalue weighted by molar-refractivity contribution is -0.262. The molecule has 12 nitrogen and oxygen atoms in total. The highest BCUT2D eigenvalue weighted by molar-refractivity contribution is 7.99. The van der Waals surface area contributed by atoms with Gasteiger partial charge in [-0.1, -0.05) is 38.5 Å². The van der Waals surface area contributed by atoms with Crippen LogP contribution < -0.4 is 0 Å². The highest BCUT2D eigenvalue weighted by atomic mass is 32.2. The van der Waals surface area contributed by atoms with Gasteiger partial charge in [0, 0.05) is 38.5 Å². The van der Waals surface area contributed by atoms with Crippen molar-refractivity contribution in [2.75, 3.05) is 72.1 Å². The Bertz CT molecular complexity index is 1050. The monoisotopic (exact) mass is 1040 g/mol. The van der Waals surface area contributed by atoms with Crippen LogP contribution in [0, 0.1) is 0 Å². The average Bonchev–Trinajstić information content (AvgIpc) is 3.29. The fraction of sp³-hybridized carbons (Fsp3) is 0.875. The standard InChI is InChI=1S/C48H84O12S6/c1-61-31-19-7-13-25-37(49)55-43-44(56-38(50)26-14-8-20-32-62-2)46(58-40(52)28-16-10-22-34-64-4)48(60-42(54)30-18-12-24-36-66-6)47(59-41(53)29-17-11-23-35-65-5)45(43)57-39(51)27-15-9-21-33-63-3/h43-48H,7-36H2,1-6H3. The molecule has 1 fully saturated rings. The molecule has 0 N–H and O–H groups in total. The van der Waals surface area contributed by atoms with Gasteiger partial charge in [-0.15, -0.1) is 0 Å². The molecule has 0 spiro atoms. The smallest absolute Gasteiger partial charge is 0.306 e. The molecule has 0 aliphatic heterocycles. The number of thioether (sulfide) groups is 6. The molecule has 0 radical (unpaired) electrons. The first-order chi connectivity index (χ1) is 32.1. The molecule has 0 bridgehead atoms. The average molecular weight is 1050 g/mol. The lowest BCUT2D eigenvalue weighted by Crippen LogP contribution is -2.69. The molecule has 0 unspecified atom stereocenters. The summed E-state index contributed by atoms with van der Waals surface area (Å²) in [4.78, 5) is 83.4. The number of rotatable bonds is 42. The molecule has 66 heavy (non-hydrogen) atoms. The van der Waals surface area contributed by atoms with Gasteiger partial charge in [0.1, 0.15) is 0 Å². The van der Waals surface area contributed by atoms with Crippen LogP contribution in [0.15, 0.2) is 0 Å². The summed E-state index contributed by atoms with van der Waals surface area (Å²) >= 11 is 10.3. The molecular formula is C48H84O12S6. The minimum absolute atomic E-state index is 0.0209. The van der Waals surface area contributed by atoms with E-state index in [1.165, 1.54) is 0 Å². The summed E-state index contributed by atoms with van der Waals surface area (Å²) in [6, 6.07) is 0. The second-order valence-corrected chi connectivity index (χ2v) is 22.5. The molecule has 1 aliphatic carbocycles. The molecule has 0 aromatic rings. The highest BCUT2D eigenvalue weighted by Crippen LogP contribution is 2.36. The maximum atomic E-state index is 13.9. The van der Waals surface area contributed by atoms with Gasteiger partial charge in [0.25, 0.3) is 0 Å². The van der Waals surface area contributed by atoms with Crippen molar-refractivity contribution >= 4 is 106 Å². The molecule has 1 aliphatic rings. The molecule has 0 aromatic heterocycles. The quantitative estimate of drug-likeness (QED) is 0.0323. The molecule has 0 aromatic carbocycles. The lowest BCUT2D eigenvalue weighted by atomic mass is 9.83. The van der Waals surface area contributed by atoms with Crippen molar-refractivity contribution in [2.45, 2.75) is 191 Å². The molecule has 384 valence electrons. The van der Waals surface area contributed by atoms with Crippen molar-refractivity contribution in [2.24, 2.45) is 0 Å². The van der Waals surface area contributed by atoms with E-state index in [0.29, 0.717) is 38.5 Å². The zero-order valence-electron chi connectivity index (χ0n) is 41.0. The van der Waals surface area contributed by atoms with E-state index < -0.39 is 72.4 Å². The van der Waals surface area contributed by atoms with Crippen LogP contribution in [0.25, 0.3) is 0 Å². The molecule has 0 amide bonds. The summed E-state index contributed by atoms with van der Waals surface area (Å²) < 4.78 is 37.4.